The summed E-state index contributed by atoms with van der Waals surface area (Å²) in [6, 6.07) is 9.11. The molecule has 3 aromatic rings. The maximum atomic E-state index is 12.1. The monoisotopic (exact) mass is 505 g/mol. The van der Waals surface area contributed by atoms with Crippen molar-refractivity contribution >= 4 is 62.1 Å². The molecule has 0 atom stereocenters. The van der Waals surface area contributed by atoms with E-state index >= 15 is 0 Å². The molecule has 0 bridgehead atoms. The lowest BCUT2D eigenvalue weighted by molar-refractivity contribution is 0.0702. The molecule has 0 amide bonds. The first-order chi connectivity index (χ1) is 10.1. The number of nitrogens with zero attached hydrogens (tertiary/aromatic N) is 1. The first kappa shape index (κ1) is 14.8. The summed E-state index contributed by atoms with van der Waals surface area (Å²) in [5.41, 5.74) is 1.56. The van der Waals surface area contributed by atoms with Gasteiger partial charge in [-0.1, -0.05) is 0 Å². The predicted octanol–water partition coefficient (Wildman–Crippen LogP) is 4.56. The van der Waals surface area contributed by atoms with Crippen molar-refractivity contribution in [3.8, 4) is 5.75 Å². The van der Waals surface area contributed by atoms with Crippen LogP contribution >= 0.6 is 45.2 Å². The molecule has 0 aliphatic heterocycles. The van der Waals surface area contributed by atoms with Gasteiger partial charge in [0.2, 0.25) is 5.76 Å². The second-order valence-electron chi connectivity index (χ2n) is 4.38. The molecule has 0 unspecified atom stereocenters. The van der Waals surface area contributed by atoms with Gasteiger partial charge in [-0.05, 0) is 82.4 Å². The van der Waals surface area contributed by atoms with Crippen LogP contribution in [-0.2, 0) is 0 Å². The third-order valence-corrected chi connectivity index (χ3v) is 4.59. The average molecular weight is 505 g/mol. The van der Waals surface area contributed by atoms with E-state index in [0.29, 0.717) is 11.3 Å². The molecule has 0 aliphatic carbocycles. The molecule has 0 saturated carbocycles. The molecule has 106 valence electrons. The maximum absolute atomic E-state index is 12.1. The number of esters is 1. The summed E-state index contributed by atoms with van der Waals surface area (Å²) in [6.07, 6.45) is 1.44. The van der Waals surface area contributed by atoms with Gasteiger partial charge in [-0.2, -0.15) is 0 Å². The summed E-state index contributed by atoms with van der Waals surface area (Å²) in [6.45, 7) is 1.91. The SMILES string of the molecule is Cc1ccc2c(I)cc(I)c(OC(=O)c3ccco3)c2n1. The largest absolute Gasteiger partial charge is 0.457 e. The Labute approximate surface area is 148 Å². The third-order valence-electron chi connectivity index (χ3n) is 2.89. The Morgan fingerprint density at radius 1 is 1.24 bits per heavy atom. The highest BCUT2D eigenvalue weighted by molar-refractivity contribution is 14.1. The van der Waals surface area contributed by atoms with Gasteiger partial charge < -0.3 is 9.15 Å². The fraction of sp³-hybridized carbons (Fsp3) is 0.0667. The number of pyridine rings is 1. The Balaban J connectivity index is 2.13. The van der Waals surface area contributed by atoms with Gasteiger partial charge in [0.1, 0.15) is 5.52 Å². The van der Waals surface area contributed by atoms with Crippen molar-refractivity contribution in [3.63, 3.8) is 0 Å². The van der Waals surface area contributed by atoms with Crippen LogP contribution in [0.5, 0.6) is 5.75 Å². The van der Waals surface area contributed by atoms with E-state index in [1.165, 1.54) is 6.26 Å². The predicted molar refractivity (Wildman–Crippen MR) is 95.6 cm³/mol. The van der Waals surface area contributed by atoms with E-state index in [4.69, 9.17) is 9.15 Å². The Bertz CT molecular complexity index is 829. The standard InChI is InChI=1S/C15H9I2NO3/c1-8-4-5-9-10(16)7-11(17)14(13(9)18-8)21-15(19)12-3-2-6-20-12/h2-7H,1H3. The van der Waals surface area contributed by atoms with Gasteiger partial charge in [0.05, 0.1) is 9.83 Å². The molecule has 21 heavy (non-hydrogen) atoms. The molecule has 6 heteroatoms. The van der Waals surface area contributed by atoms with Crippen molar-refractivity contribution in [3.05, 3.63) is 55.2 Å². The Morgan fingerprint density at radius 2 is 2.05 bits per heavy atom. The number of hydrogen-bond acceptors (Lipinski definition) is 4. The molecule has 2 aromatic heterocycles. The number of carbonyl (C=O) groups is 1. The highest BCUT2D eigenvalue weighted by Crippen LogP contribution is 2.34. The average Bonchev–Trinajstić information content (AvgIpc) is 2.97. The maximum Gasteiger partial charge on any atom is 0.379 e. The van der Waals surface area contributed by atoms with Gasteiger partial charge in [0.15, 0.2) is 5.75 Å². The molecule has 0 spiro atoms. The number of benzene rings is 1. The van der Waals surface area contributed by atoms with Gasteiger partial charge in [-0.3, -0.25) is 0 Å². The van der Waals surface area contributed by atoms with E-state index in [1.54, 1.807) is 12.1 Å². The Morgan fingerprint density at radius 3 is 2.76 bits per heavy atom. The minimum Gasteiger partial charge on any atom is -0.457 e. The molecular weight excluding hydrogens is 496 g/mol. The van der Waals surface area contributed by atoms with Crippen molar-refractivity contribution in [1.82, 2.24) is 4.98 Å². The second-order valence-corrected chi connectivity index (χ2v) is 6.71. The summed E-state index contributed by atoms with van der Waals surface area (Å²) in [7, 11) is 0. The van der Waals surface area contributed by atoms with Gasteiger partial charge in [-0.25, -0.2) is 9.78 Å². The van der Waals surface area contributed by atoms with Gasteiger partial charge in [0, 0.05) is 14.7 Å². The number of aromatic nitrogens is 1. The van der Waals surface area contributed by atoms with Crippen molar-refractivity contribution in [2.24, 2.45) is 0 Å². The lowest BCUT2D eigenvalue weighted by Gasteiger charge is -2.10. The number of aryl methyl sites for hydroxylation is 1. The van der Waals surface area contributed by atoms with E-state index in [2.05, 4.69) is 50.2 Å². The van der Waals surface area contributed by atoms with Crippen LogP contribution in [0.2, 0.25) is 0 Å². The molecule has 3 rings (SSSR count). The lowest BCUT2D eigenvalue weighted by Crippen LogP contribution is -2.09. The molecule has 4 nitrogen and oxygen atoms in total. The zero-order valence-electron chi connectivity index (χ0n) is 10.9. The van der Waals surface area contributed by atoms with E-state index in [0.717, 1.165) is 18.2 Å². The Kier molecular flexibility index (Phi) is 4.16. The fourth-order valence-corrected chi connectivity index (χ4v) is 3.94. The first-order valence-corrected chi connectivity index (χ1v) is 8.23. The van der Waals surface area contributed by atoms with Gasteiger partial charge in [0.25, 0.3) is 0 Å². The highest BCUT2D eigenvalue weighted by atomic mass is 127. The summed E-state index contributed by atoms with van der Waals surface area (Å²) in [5.74, 6) is 0.116. The number of hydrogen-bond donors (Lipinski definition) is 0. The van der Waals surface area contributed by atoms with E-state index < -0.39 is 5.97 Å². The number of furan rings is 1. The quantitative estimate of drug-likeness (QED) is 0.291. The minimum absolute atomic E-state index is 0.171. The van der Waals surface area contributed by atoms with Crippen LogP contribution in [0.3, 0.4) is 0 Å². The second kappa shape index (κ2) is 5.91. The van der Waals surface area contributed by atoms with Crippen LogP contribution < -0.4 is 4.74 Å². The summed E-state index contributed by atoms with van der Waals surface area (Å²) in [4.78, 5) is 16.6. The fourth-order valence-electron chi connectivity index (χ4n) is 1.92. The normalized spacial score (nSPS) is 10.8. The molecule has 2 heterocycles. The minimum atomic E-state index is -0.524. The van der Waals surface area contributed by atoms with Crippen molar-refractivity contribution in [2.45, 2.75) is 6.92 Å². The summed E-state index contributed by atoms with van der Waals surface area (Å²) < 4.78 is 12.5. The van der Waals surface area contributed by atoms with Crippen LogP contribution in [-0.4, -0.2) is 11.0 Å². The van der Waals surface area contributed by atoms with Crippen LogP contribution in [0.1, 0.15) is 16.2 Å². The summed E-state index contributed by atoms with van der Waals surface area (Å²) in [5, 5.41) is 0.962. The number of carbonyl (C=O) groups excluding carboxylic acids is 1. The molecule has 0 fully saturated rings. The molecule has 0 aliphatic rings. The number of ether oxygens (including phenoxy) is 1. The number of rotatable bonds is 2. The molecule has 0 saturated heterocycles. The first-order valence-electron chi connectivity index (χ1n) is 6.07. The Hall–Kier alpha value is -1.16. The van der Waals surface area contributed by atoms with E-state index in [9.17, 15) is 4.79 Å². The van der Waals surface area contributed by atoms with Crippen LogP contribution in [0, 0.1) is 14.1 Å². The van der Waals surface area contributed by atoms with Crippen molar-refractivity contribution in [1.29, 1.82) is 0 Å². The zero-order chi connectivity index (χ0) is 15.0. The molecular formula is C15H9I2NO3. The molecule has 0 radical (unpaired) electrons. The summed E-state index contributed by atoms with van der Waals surface area (Å²) >= 11 is 4.40. The zero-order valence-corrected chi connectivity index (χ0v) is 15.2. The number of fused-ring (bicyclic) bond motifs is 1. The third kappa shape index (κ3) is 2.91. The van der Waals surface area contributed by atoms with Crippen LogP contribution in [0.15, 0.2) is 41.0 Å². The van der Waals surface area contributed by atoms with E-state index in [1.807, 2.05) is 25.1 Å². The van der Waals surface area contributed by atoms with Gasteiger partial charge in [-0.15, -0.1) is 0 Å². The molecule has 0 N–H and O–H groups in total. The van der Waals surface area contributed by atoms with Gasteiger partial charge >= 0.3 is 5.97 Å². The van der Waals surface area contributed by atoms with Crippen molar-refractivity contribution in [2.75, 3.05) is 0 Å². The van der Waals surface area contributed by atoms with E-state index in [-0.39, 0.29) is 5.76 Å². The number of halogens is 2. The lowest BCUT2D eigenvalue weighted by atomic mass is 10.2. The molecule has 1 aromatic carbocycles. The smallest absolute Gasteiger partial charge is 0.379 e. The topological polar surface area (TPSA) is 52.3 Å². The van der Waals surface area contributed by atoms with Crippen molar-refractivity contribution < 1.29 is 13.9 Å². The van der Waals surface area contributed by atoms with Crippen LogP contribution in [0.4, 0.5) is 0 Å². The van der Waals surface area contributed by atoms with Crippen LogP contribution in [0.25, 0.3) is 10.9 Å². The highest BCUT2D eigenvalue weighted by Gasteiger charge is 2.18.